The molecule has 1 aliphatic heterocycles. The first-order valence-electron chi connectivity index (χ1n) is 9.04. The summed E-state index contributed by atoms with van der Waals surface area (Å²) < 4.78 is 47.2. The summed E-state index contributed by atoms with van der Waals surface area (Å²) in [6.45, 7) is 1.81. The number of carbonyl (C=O) groups excluding carboxylic acids is 1. The first kappa shape index (κ1) is 25.8. The molecule has 1 fully saturated rings. The maximum absolute atomic E-state index is 13.8. The predicted octanol–water partition coefficient (Wildman–Crippen LogP) is 2.46. The molecule has 0 radical (unpaired) electrons. The number of carbonyl (C=O) groups is 3. The first-order valence-corrected chi connectivity index (χ1v) is 9.04. The Labute approximate surface area is 176 Å². The second-order valence-electron chi connectivity index (χ2n) is 6.46. The van der Waals surface area contributed by atoms with Crippen molar-refractivity contribution < 1.29 is 47.2 Å². The van der Waals surface area contributed by atoms with E-state index in [1.165, 1.54) is 12.1 Å². The molecule has 1 aromatic rings. The van der Waals surface area contributed by atoms with Crippen molar-refractivity contribution in [2.24, 2.45) is 0 Å². The summed E-state index contributed by atoms with van der Waals surface area (Å²) in [5, 5.41) is 18.8. The summed E-state index contributed by atoms with van der Waals surface area (Å²) in [6, 6.07) is 3.24. The molecular weight excluding hydrogens is 425 g/mol. The molecule has 31 heavy (non-hydrogen) atoms. The number of benzene rings is 1. The fraction of sp³-hybridized carbons (Fsp3) is 0.421. The number of ether oxygens (including phenoxy) is 2. The zero-order valence-electron chi connectivity index (χ0n) is 16.8. The highest BCUT2D eigenvalue weighted by Gasteiger charge is 2.30. The van der Waals surface area contributed by atoms with Crippen LogP contribution in [-0.2, 0) is 20.9 Å². The highest BCUT2D eigenvalue weighted by atomic mass is 19.3. The van der Waals surface area contributed by atoms with Crippen LogP contribution in [0.25, 0.3) is 0 Å². The number of carboxylic acids is 2. The van der Waals surface area contributed by atoms with Crippen LogP contribution < -0.4 is 10.1 Å². The fourth-order valence-corrected chi connectivity index (χ4v) is 2.67. The molecular formula is C19H23F3N2O7. The van der Waals surface area contributed by atoms with Gasteiger partial charge in [0.15, 0.2) is 0 Å². The quantitative estimate of drug-likeness (QED) is 0.567. The average Bonchev–Trinajstić information content (AvgIpc) is 2.65. The lowest BCUT2D eigenvalue weighted by Crippen LogP contribution is -2.57. The van der Waals surface area contributed by atoms with Crippen LogP contribution in [-0.4, -0.2) is 64.9 Å². The number of nitrogens with zero attached hydrogens (tertiary/aromatic N) is 1. The van der Waals surface area contributed by atoms with Crippen LogP contribution in [0.4, 0.5) is 18.0 Å². The number of aliphatic carboxylic acids is 2. The van der Waals surface area contributed by atoms with E-state index in [1.54, 1.807) is 4.90 Å². The van der Waals surface area contributed by atoms with E-state index in [1.807, 2.05) is 13.8 Å². The van der Waals surface area contributed by atoms with E-state index in [0.717, 1.165) is 6.07 Å². The molecule has 12 heteroatoms. The lowest BCUT2D eigenvalue weighted by atomic mass is 10.1. The van der Waals surface area contributed by atoms with Gasteiger partial charge in [0.05, 0.1) is 0 Å². The van der Waals surface area contributed by atoms with Crippen LogP contribution in [0.3, 0.4) is 0 Å². The van der Waals surface area contributed by atoms with E-state index < -0.39 is 30.5 Å². The third-order valence-electron chi connectivity index (χ3n) is 4.01. The van der Waals surface area contributed by atoms with Crippen molar-refractivity contribution in [2.75, 3.05) is 13.1 Å². The van der Waals surface area contributed by atoms with Gasteiger partial charge in [-0.15, -0.1) is 0 Å². The minimum atomic E-state index is -3.02. The maximum atomic E-state index is 13.8. The van der Waals surface area contributed by atoms with E-state index in [0.29, 0.717) is 25.2 Å². The summed E-state index contributed by atoms with van der Waals surface area (Å²) in [6.07, 6.45) is 0.587. The Balaban J connectivity index is 0.000000512. The molecule has 0 saturated carbocycles. The van der Waals surface area contributed by atoms with Crippen LogP contribution in [0.15, 0.2) is 30.4 Å². The standard InChI is InChI=1S/C15H19F3N2O3.C4H4O4/c1-9-6-19-7-10(2)20(9)15(21)22-8-11-3-4-12(5-13(11)16)23-14(17)18;5-3(6)1-2-4(7)8/h3-5,9-10,14,19H,6-8H2,1-2H3;1-2H,(H,5,6)(H,7,8). The second kappa shape index (κ2) is 12.4. The monoisotopic (exact) mass is 448 g/mol. The number of carboxylic acid groups (broad SMARTS) is 2. The van der Waals surface area contributed by atoms with Crippen LogP contribution in [0.1, 0.15) is 19.4 Å². The van der Waals surface area contributed by atoms with Gasteiger partial charge in [-0.1, -0.05) is 0 Å². The number of rotatable bonds is 6. The summed E-state index contributed by atoms with van der Waals surface area (Å²) >= 11 is 0. The molecule has 1 heterocycles. The molecule has 172 valence electrons. The Morgan fingerprint density at radius 3 is 2.16 bits per heavy atom. The summed E-state index contributed by atoms with van der Waals surface area (Å²) in [7, 11) is 0. The normalized spacial score (nSPS) is 18.3. The largest absolute Gasteiger partial charge is 0.478 e. The predicted molar refractivity (Wildman–Crippen MR) is 101 cm³/mol. The minimum Gasteiger partial charge on any atom is -0.478 e. The topological polar surface area (TPSA) is 125 Å². The zero-order chi connectivity index (χ0) is 23.6. The Kier molecular flexibility index (Phi) is 10.3. The van der Waals surface area contributed by atoms with Gasteiger partial charge in [-0.2, -0.15) is 8.78 Å². The summed E-state index contributed by atoms with van der Waals surface area (Å²) in [5.74, 6) is -3.56. The van der Waals surface area contributed by atoms with Crippen molar-refractivity contribution >= 4 is 18.0 Å². The number of hydrogen-bond acceptors (Lipinski definition) is 6. The van der Waals surface area contributed by atoms with Gasteiger partial charge >= 0.3 is 24.6 Å². The number of hydrogen-bond donors (Lipinski definition) is 3. The first-order chi connectivity index (χ1) is 14.5. The van der Waals surface area contributed by atoms with Gasteiger partial charge in [0, 0.05) is 49.0 Å². The van der Waals surface area contributed by atoms with Crippen molar-refractivity contribution in [3.05, 3.63) is 41.7 Å². The van der Waals surface area contributed by atoms with Gasteiger partial charge in [-0.3, -0.25) is 0 Å². The highest BCUT2D eigenvalue weighted by molar-refractivity contribution is 5.89. The lowest BCUT2D eigenvalue weighted by Gasteiger charge is -2.38. The number of piperazine rings is 1. The van der Waals surface area contributed by atoms with Crippen molar-refractivity contribution in [1.29, 1.82) is 0 Å². The molecule has 0 aliphatic carbocycles. The number of amides is 1. The van der Waals surface area contributed by atoms with Gasteiger partial charge in [-0.05, 0) is 26.0 Å². The Hall–Kier alpha value is -3.28. The minimum absolute atomic E-state index is 0.0297. The molecule has 1 amide bonds. The third kappa shape index (κ3) is 9.38. The van der Waals surface area contributed by atoms with E-state index in [4.69, 9.17) is 14.9 Å². The smallest absolute Gasteiger partial charge is 0.410 e. The van der Waals surface area contributed by atoms with E-state index in [9.17, 15) is 27.6 Å². The molecule has 3 N–H and O–H groups in total. The van der Waals surface area contributed by atoms with Crippen LogP contribution in [0, 0.1) is 5.82 Å². The van der Waals surface area contributed by atoms with Crippen LogP contribution in [0.2, 0.25) is 0 Å². The zero-order valence-corrected chi connectivity index (χ0v) is 16.8. The highest BCUT2D eigenvalue weighted by Crippen LogP contribution is 2.20. The third-order valence-corrected chi connectivity index (χ3v) is 4.01. The summed E-state index contributed by atoms with van der Waals surface area (Å²) in [4.78, 5) is 32.9. The Bertz CT molecular complexity index is 779. The molecule has 1 saturated heterocycles. The Morgan fingerprint density at radius 1 is 1.16 bits per heavy atom. The molecule has 1 aromatic carbocycles. The second-order valence-corrected chi connectivity index (χ2v) is 6.46. The van der Waals surface area contributed by atoms with Gasteiger partial charge in [0.1, 0.15) is 18.2 Å². The van der Waals surface area contributed by atoms with E-state index >= 15 is 0 Å². The average molecular weight is 448 g/mol. The van der Waals surface area contributed by atoms with Crippen molar-refractivity contribution in [2.45, 2.75) is 39.1 Å². The molecule has 9 nitrogen and oxygen atoms in total. The van der Waals surface area contributed by atoms with Gasteiger partial charge < -0.3 is 29.9 Å². The fourth-order valence-electron chi connectivity index (χ4n) is 2.67. The van der Waals surface area contributed by atoms with Crippen LogP contribution in [0.5, 0.6) is 5.75 Å². The maximum Gasteiger partial charge on any atom is 0.410 e. The molecule has 0 spiro atoms. The molecule has 2 unspecified atom stereocenters. The van der Waals surface area contributed by atoms with E-state index in [2.05, 4.69) is 10.1 Å². The van der Waals surface area contributed by atoms with Crippen LogP contribution >= 0.6 is 0 Å². The van der Waals surface area contributed by atoms with Crippen molar-refractivity contribution in [3.8, 4) is 5.75 Å². The molecule has 0 bridgehead atoms. The van der Waals surface area contributed by atoms with E-state index in [-0.39, 0.29) is 30.0 Å². The van der Waals surface area contributed by atoms with Gasteiger partial charge in [-0.25, -0.2) is 18.8 Å². The SMILES string of the molecule is CC1CNCC(C)N1C(=O)OCc1ccc(OC(F)F)cc1F.O=C(O)C=CC(=O)O. The van der Waals surface area contributed by atoms with Gasteiger partial charge in [0.25, 0.3) is 0 Å². The summed E-state index contributed by atoms with van der Waals surface area (Å²) in [5.41, 5.74) is 0.0930. The number of nitrogens with one attached hydrogen (secondary N) is 1. The number of alkyl halides is 2. The molecule has 2 rings (SSSR count). The Morgan fingerprint density at radius 2 is 1.71 bits per heavy atom. The lowest BCUT2D eigenvalue weighted by molar-refractivity contribution is -0.134. The molecule has 2 atom stereocenters. The van der Waals surface area contributed by atoms with Crippen molar-refractivity contribution in [1.82, 2.24) is 10.2 Å². The van der Waals surface area contributed by atoms with Crippen molar-refractivity contribution in [3.63, 3.8) is 0 Å². The molecule has 0 aromatic heterocycles. The number of halogens is 3. The molecule has 1 aliphatic rings. The van der Waals surface area contributed by atoms with Gasteiger partial charge in [0.2, 0.25) is 0 Å².